The fourth-order valence-corrected chi connectivity index (χ4v) is 2.99. The van der Waals surface area contributed by atoms with Gasteiger partial charge in [-0.15, -0.1) is 11.8 Å². The monoisotopic (exact) mass is 271 g/mol. The molecule has 0 aromatic heterocycles. The summed E-state index contributed by atoms with van der Waals surface area (Å²) in [4.78, 5) is 1.28. The second-order valence-corrected chi connectivity index (χ2v) is 6.52. The van der Waals surface area contributed by atoms with Gasteiger partial charge in [0.05, 0.1) is 0 Å². The Bertz CT molecular complexity index is 516. The van der Waals surface area contributed by atoms with Crippen molar-refractivity contribution in [1.82, 2.24) is 0 Å². The summed E-state index contributed by atoms with van der Waals surface area (Å²) in [6.45, 7) is 6.39. The summed E-state index contributed by atoms with van der Waals surface area (Å²) >= 11 is 1.83. The van der Waals surface area contributed by atoms with E-state index in [0.29, 0.717) is 5.25 Å². The zero-order valence-corrected chi connectivity index (χ0v) is 12.6. The molecule has 0 bridgehead atoms. The molecule has 2 unspecified atom stereocenters. The third kappa shape index (κ3) is 3.85. The van der Waals surface area contributed by atoms with Crippen LogP contribution in [0.4, 0.5) is 0 Å². The van der Waals surface area contributed by atoms with E-state index in [-0.39, 0.29) is 6.04 Å². The van der Waals surface area contributed by atoms with E-state index >= 15 is 0 Å². The summed E-state index contributed by atoms with van der Waals surface area (Å²) in [5.74, 6) is 0. The van der Waals surface area contributed by atoms with Gasteiger partial charge in [0.15, 0.2) is 0 Å². The Morgan fingerprint density at radius 2 is 1.32 bits per heavy atom. The molecule has 100 valence electrons. The average Bonchev–Trinajstić information content (AvgIpc) is 2.41. The second kappa shape index (κ2) is 6.27. The fraction of sp³-hybridized carbons (Fsp3) is 0.294. The molecule has 0 aliphatic rings. The maximum absolute atomic E-state index is 6.35. The molecule has 0 aliphatic carbocycles. The Balaban J connectivity index is 2.04. The molecule has 0 aliphatic heterocycles. The van der Waals surface area contributed by atoms with Gasteiger partial charge in [0.25, 0.3) is 0 Å². The molecule has 0 saturated heterocycles. The van der Waals surface area contributed by atoms with E-state index in [1.165, 1.54) is 21.6 Å². The molecule has 2 heteroatoms. The van der Waals surface area contributed by atoms with E-state index in [0.717, 1.165) is 0 Å². The lowest BCUT2D eigenvalue weighted by Gasteiger charge is -2.20. The standard InChI is InChI=1S/C17H21NS/c1-12-4-8-15(9-5-12)17(18)14(3)19-16-10-6-13(2)7-11-16/h4-11,14,17H,18H2,1-3H3. The highest BCUT2D eigenvalue weighted by atomic mass is 32.2. The fourth-order valence-electron chi connectivity index (χ4n) is 1.96. The van der Waals surface area contributed by atoms with Crippen LogP contribution in [0.15, 0.2) is 53.4 Å². The van der Waals surface area contributed by atoms with Crippen LogP contribution in [0.1, 0.15) is 29.7 Å². The quantitative estimate of drug-likeness (QED) is 0.829. The van der Waals surface area contributed by atoms with Crippen LogP contribution in [0.25, 0.3) is 0 Å². The first-order valence-corrected chi connectivity index (χ1v) is 7.49. The molecule has 0 heterocycles. The summed E-state index contributed by atoms with van der Waals surface area (Å²) in [7, 11) is 0. The summed E-state index contributed by atoms with van der Waals surface area (Å²) < 4.78 is 0. The maximum Gasteiger partial charge on any atom is 0.0416 e. The largest absolute Gasteiger partial charge is 0.323 e. The highest BCUT2D eigenvalue weighted by Gasteiger charge is 2.15. The van der Waals surface area contributed by atoms with E-state index < -0.39 is 0 Å². The normalized spacial score (nSPS) is 14.1. The van der Waals surface area contributed by atoms with Crippen molar-refractivity contribution in [3.63, 3.8) is 0 Å². The van der Waals surface area contributed by atoms with Crippen molar-refractivity contribution in [2.45, 2.75) is 37.0 Å². The highest BCUT2D eigenvalue weighted by Crippen LogP contribution is 2.30. The van der Waals surface area contributed by atoms with E-state index in [1.54, 1.807) is 0 Å². The number of hydrogen-bond acceptors (Lipinski definition) is 2. The van der Waals surface area contributed by atoms with Crippen LogP contribution in [0.2, 0.25) is 0 Å². The lowest BCUT2D eigenvalue weighted by atomic mass is 10.0. The zero-order valence-electron chi connectivity index (χ0n) is 11.8. The minimum Gasteiger partial charge on any atom is -0.323 e. The van der Waals surface area contributed by atoms with E-state index in [1.807, 2.05) is 11.8 Å². The van der Waals surface area contributed by atoms with Crippen molar-refractivity contribution in [3.8, 4) is 0 Å². The molecule has 0 saturated carbocycles. The Hall–Kier alpha value is -1.25. The Morgan fingerprint density at radius 1 is 0.842 bits per heavy atom. The Labute approximate surface area is 120 Å². The van der Waals surface area contributed by atoms with Crippen molar-refractivity contribution < 1.29 is 0 Å². The first-order valence-electron chi connectivity index (χ1n) is 6.62. The van der Waals surface area contributed by atoms with Gasteiger partial charge in [0.2, 0.25) is 0 Å². The van der Waals surface area contributed by atoms with Crippen LogP contribution in [0, 0.1) is 13.8 Å². The van der Waals surface area contributed by atoms with E-state index in [4.69, 9.17) is 5.73 Å². The van der Waals surface area contributed by atoms with Gasteiger partial charge in [-0.25, -0.2) is 0 Å². The minimum atomic E-state index is 0.0619. The summed E-state index contributed by atoms with van der Waals surface area (Å²) in [6, 6.07) is 17.2. The predicted octanol–water partition coefficient (Wildman–Crippen LogP) is 4.48. The van der Waals surface area contributed by atoms with Crippen molar-refractivity contribution in [3.05, 3.63) is 65.2 Å². The van der Waals surface area contributed by atoms with Gasteiger partial charge in [-0.3, -0.25) is 0 Å². The van der Waals surface area contributed by atoms with Crippen molar-refractivity contribution >= 4 is 11.8 Å². The minimum absolute atomic E-state index is 0.0619. The summed E-state index contributed by atoms with van der Waals surface area (Å²) in [5.41, 5.74) is 10.1. The molecule has 2 rings (SSSR count). The predicted molar refractivity (Wildman–Crippen MR) is 84.6 cm³/mol. The number of thioether (sulfide) groups is 1. The molecule has 1 nitrogen and oxygen atoms in total. The van der Waals surface area contributed by atoms with Gasteiger partial charge in [-0.2, -0.15) is 0 Å². The van der Waals surface area contributed by atoms with Crippen LogP contribution in [0.3, 0.4) is 0 Å². The van der Waals surface area contributed by atoms with E-state index in [2.05, 4.69) is 69.3 Å². The van der Waals surface area contributed by atoms with Gasteiger partial charge in [0, 0.05) is 16.2 Å². The Kier molecular flexibility index (Phi) is 4.67. The lowest BCUT2D eigenvalue weighted by Crippen LogP contribution is -2.20. The molecule has 0 amide bonds. The first kappa shape index (κ1) is 14.2. The molecule has 2 atom stereocenters. The number of aryl methyl sites for hydroxylation is 2. The number of rotatable bonds is 4. The van der Waals surface area contributed by atoms with Crippen LogP contribution in [0.5, 0.6) is 0 Å². The van der Waals surface area contributed by atoms with Crippen LogP contribution in [-0.4, -0.2) is 5.25 Å². The van der Waals surface area contributed by atoms with Gasteiger partial charge < -0.3 is 5.73 Å². The third-order valence-corrected chi connectivity index (χ3v) is 4.52. The molecular formula is C17H21NS. The summed E-state index contributed by atoms with van der Waals surface area (Å²) in [6.07, 6.45) is 0. The SMILES string of the molecule is Cc1ccc(SC(C)C(N)c2ccc(C)cc2)cc1. The molecular weight excluding hydrogens is 250 g/mol. The number of benzene rings is 2. The first-order chi connectivity index (χ1) is 9.06. The molecule has 2 aromatic rings. The maximum atomic E-state index is 6.35. The van der Waals surface area contributed by atoms with Crippen molar-refractivity contribution in [1.29, 1.82) is 0 Å². The second-order valence-electron chi connectivity index (χ2n) is 5.07. The molecule has 2 aromatic carbocycles. The molecule has 0 radical (unpaired) electrons. The van der Waals surface area contributed by atoms with Gasteiger partial charge in [0.1, 0.15) is 0 Å². The van der Waals surface area contributed by atoms with Crippen LogP contribution in [-0.2, 0) is 0 Å². The van der Waals surface area contributed by atoms with Crippen LogP contribution < -0.4 is 5.73 Å². The molecule has 2 N–H and O–H groups in total. The van der Waals surface area contributed by atoms with Crippen molar-refractivity contribution in [2.75, 3.05) is 0 Å². The molecule has 0 fully saturated rings. The van der Waals surface area contributed by atoms with Gasteiger partial charge in [-0.1, -0.05) is 54.4 Å². The highest BCUT2D eigenvalue weighted by molar-refractivity contribution is 8.00. The Morgan fingerprint density at radius 3 is 1.84 bits per heavy atom. The van der Waals surface area contributed by atoms with E-state index in [9.17, 15) is 0 Å². The van der Waals surface area contributed by atoms with Crippen LogP contribution >= 0.6 is 11.8 Å². The van der Waals surface area contributed by atoms with Gasteiger partial charge in [-0.05, 0) is 31.5 Å². The van der Waals surface area contributed by atoms with Crippen molar-refractivity contribution in [2.24, 2.45) is 5.73 Å². The summed E-state index contributed by atoms with van der Waals surface area (Å²) in [5, 5.41) is 0.352. The molecule has 0 spiro atoms. The smallest absolute Gasteiger partial charge is 0.0416 e. The molecule has 19 heavy (non-hydrogen) atoms. The average molecular weight is 271 g/mol. The topological polar surface area (TPSA) is 26.0 Å². The third-order valence-electron chi connectivity index (χ3n) is 3.31. The lowest BCUT2D eigenvalue weighted by molar-refractivity contribution is 0.715. The number of hydrogen-bond donors (Lipinski definition) is 1. The zero-order chi connectivity index (χ0) is 13.8. The number of nitrogens with two attached hydrogens (primary N) is 1. The van der Waals surface area contributed by atoms with Gasteiger partial charge >= 0.3 is 0 Å².